The molecule has 0 bridgehead atoms. The first kappa shape index (κ1) is 19.0. The van der Waals surface area contributed by atoms with Crippen LogP contribution in [0.1, 0.15) is 21.6 Å². The predicted molar refractivity (Wildman–Crippen MR) is 108 cm³/mol. The zero-order chi connectivity index (χ0) is 19.4. The summed E-state index contributed by atoms with van der Waals surface area (Å²) in [4.78, 5) is 20.2. The molecule has 0 spiro atoms. The molecule has 27 heavy (non-hydrogen) atoms. The van der Waals surface area contributed by atoms with Crippen molar-refractivity contribution >= 4 is 28.4 Å². The Hall–Kier alpha value is -2.81. The minimum atomic E-state index is -0.0615. The smallest absolute Gasteiger partial charge is 0.270 e. The highest BCUT2D eigenvalue weighted by Crippen LogP contribution is 2.21. The Morgan fingerprint density at radius 1 is 1.11 bits per heavy atom. The van der Waals surface area contributed by atoms with Gasteiger partial charge in [0.1, 0.15) is 5.69 Å². The minimum Gasteiger partial charge on any atom is -0.350 e. The highest BCUT2D eigenvalue weighted by atomic mass is 35.5. The lowest BCUT2D eigenvalue weighted by Crippen LogP contribution is -2.36. The lowest BCUT2D eigenvalue weighted by molar-refractivity contribution is 0.0727. The van der Waals surface area contributed by atoms with Crippen LogP contribution in [-0.2, 0) is 6.54 Å². The fourth-order valence-electron chi connectivity index (χ4n) is 2.86. The number of nitrogens with one attached hydrogen (secondary N) is 1. The van der Waals surface area contributed by atoms with E-state index in [1.807, 2.05) is 60.3 Å². The number of likely N-dealkylation sites (N-methyl/N-ethyl adjacent to an activating group) is 1. The quantitative estimate of drug-likeness (QED) is 0.705. The Bertz CT molecular complexity index is 986. The van der Waals surface area contributed by atoms with Crippen LogP contribution in [0.25, 0.3) is 10.9 Å². The second-order valence-electron chi connectivity index (χ2n) is 6.75. The van der Waals surface area contributed by atoms with E-state index in [1.54, 1.807) is 12.1 Å². The van der Waals surface area contributed by atoms with E-state index in [1.165, 1.54) is 0 Å². The summed E-state index contributed by atoms with van der Waals surface area (Å²) in [6.07, 6.45) is 0. The molecule has 1 aromatic heterocycles. The Balaban J connectivity index is 1.85. The van der Waals surface area contributed by atoms with E-state index < -0.39 is 0 Å². The fourth-order valence-corrected chi connectivity index (χ4v) is 3.04. The summed E-state index contributed by atoms with van der Waals surface area (Å²) < 4.78 is 0. The first-order chi connectivity index (χ1) is 13.0. The molecule has 0 atom stereocenters. The van der Waals surface area contributed by atoms with Crippen LogP contribution in [-0.4, -0.2) is 47.9 Å². The molecule has 0 aliphatic rings. The second kappa shape index (κ2) is 8.26. The maximum absolute atomic E-state index is 13.1. The van der Waals surface area contributed by atoms with E-state index >= 15 is 0 Å². The topological polar surface area (TPSA) is 63.1 Å². The SMILES string of the molecule is CN(C)CCN(Cc1ccc(C#N)cc1)C(=O)c1cc2ccc(Cl)cc2[nH]1. The van der Waals surface area contributed by atoms with Gasteiger partial charge in [0.05, 0.1) is 11.6 Å². The third-order valence-corrected chi connectivity index (χ3v) is 4.61. The van der Waals surface area contributed by atoms with Crippen LogP contribution in [0.3, 0.4) is 0 Å². The molecule has 0 saturated carbocycles. The van der Waals surface area contributed by atoms with Crippen molar-refractivity contribution in [2.24, 2.45) is 0 Å². The number of nitrogens with zero attached hydrogens (tertiary/aromatic N) is 3. The molecule has 2 aromatic carbocycles. The Kier molecular flexibility index (Phi) is 5.80. The van der Waals surface area contributed by atoms with Gasteiger partial charge in [0, 0.05) is 35.6 Å². The molecule has 5 nitrogen and oxygen atoms in total. The number of rotatable bonds is 6. The summed E-state index contributed by atoms with van der Waals surface area (Å²) in [5.41, 5.74) is 2.98. The summed E-state index contributed by atoms with van der Waals surface area (Å²) in [5.74, 6) is -0.0615. The third-order valence-electron chi connectivity index (χ3n) is 4.38. The molecular weight excluding hydrogens is 360 g/mol. The number of halogens is 1. The number of aromatic amines is 1. The molecular formula is C21H21ClN4O. The normalized spacial score (nSPS) is 10.9. The standard InChI is InChI=1S/C21H21ClN4O/c1-25(2)9-10-26(14-16-5-3-15(13-23)4-6-16)21(27)20-11-17-7-8-18(22)12-19(17)24-20/h3-8,11-12,24H,9-10,14H2,1-2H3. The maximum atomic E-state index is 13.1. The van der Waals surface area contributed by atoms with Crippen molar-refractivity contribution in [3.8, 4) is 6.07 Å². The van der Waals surface area contributed by atoms with Crippen LogP contribution in [0.15, 0.2) is 48.5 Å². The van der Waals surface area contributed by atoms with Gasteiger partial charge in [-0.25, -0.2) is 0 Å². The van der Waals surface area contributed by atoms with Gasteiger partial charge in [-0.2, -0.15) is 5.26 Å². The molecule has 1 N–H and O–H groups in total. The molecule has 0 fully saturated rings. The molecule has 0 saturated heterocycles. The van der Waals surface area contributed by atoms with Gasteiger partial charge in [0.15, 0.2) is 0 Å². The molecule has 1 heterocycles. The first-order valence-electron chi connectivity index (χ1n) is 8.67. The minimum absolute atomic E-state index is 0.0615. The number of carbonyl (C=O) groups is 1. The number of benzene rings is 2. The molecule has 3 rings (SSSR count). The highest BCUT2D eigenvalue weighted by molar-refractivity contribution is 6.31. The van der Waals surface area contributed by atoms with Crippen LogP contribution < -0.4 is 0 Å². The van der Waals surface area contributed by atoms with E-state index in [0.717, 1.165) is 23.0 Å². The Labute approximate surface area is 163 Å². The number of H-pyrrole nitrogens is 1. The zero-order valence-corrected chi connectivity index (χ0v) is 16.1. The van der Waals surface area contributed by atoms with Crippen LogP contribution in [0, 0.1) is 11.3 Å². The molecule has 6 heteroatoms. The average Bonchev–Trinajstić information content (AvgIpc) is 3.08. The van der Waals surface area contributed by atoms with E-state index in [2.05, 4.69) is 11.1 Å². The predicted octanol–water partition coefficient (Wildman–Crippen LogP) is 3.90. The maximum Gasteiger partial charge on any atom is 0.270 e. The number of fused-ring (bicyclic) bond motifs is 1. The van der Waals surface area contributed by atoms with Crippen molar-refractivity contribution in [3.63, 3.8) is 0 Å². The average molecular weight is 381 g/mol. The van der Waals surface area contributed by atoms with Crippen molar-refractivity contribution in [1.82, 2.24) is 14.8 Å². The highest BCUT2D eigenvalue weighted by Gasteiger charge is 2.18. The van der Waals surface area contributed by atoms with Crippen molar-refractivity contribution in [3.05, 3.63) is 70.4 Å². The zero-order valence-electron chi connectivity index (χ0n) is 15.4. The van der Waals surface area contributed by atoms with Crippen molar-refractivity contribution in [2.75, 3.05) is 27.2 Å². The van der Waals surface area contributed by atoms with Crippen molar-refractivity contribution in [1.29, 1.82) is 5.26 Å². The van der Waals surface area contributed by atoms with Crippen LogP contribution in [0.5, 0.6) is 0 Å². The van der Waals surface area contributed by atoms with E-state index in [4.69, 9.17) is 16.9 Å². The lowest BCUT2D eigenvalue weighted by atomic mass is 10.1. The molecule has 3 aromatic rings. The van der Waals surface area contributed by atoms with Crippen molar-refractivity contribution < 1.29 is 4.79 Å². The number of nitriles is 1. The van der Waals surface area contributed by atoms with Gasteiger partial charge in [-0.3, -0.25) is 4.79 Å². The number of hydrogen-bond acceptors (Lipinski definition) is 3. The Morgan fingerprint density at radius 3 is 2.52 bits per heavy atom. The van der Waals surface area contributed by atoms with Gasteiger partial charge in [-0.1, -0.05) is 29.8 Å². The van der Waals surface area contributed by atoms with Gasteiger partial charge in [-0.05, 0) is 50.0 Å². The van der Waals surface area contributed by atoms with Crippen LogP contribution in [0.2, 0.25) is 5.02 Å². The third kappa shape index (κ3) is 4.68. The number of aromatic nitrogens is 1. The summed E-state index contributed by atoms with van der Waals surface area (Å²) in [6, 6.07) is 16.8. The van der Waals surface area contributed by atoms with E-state index in [0.29, 0.717) is 29.4 Å². The number of hydrogen-bond donors (Lipinski definition) is 1. The van der Waals surface area contributed by atoms with Gasteiger partial charge in [0.2, 0.25) is 0 Å². The second-order valence-corrected chi connectivity index (χ2v) is 7.19. The van der Waals surface area contributed by atoms with Gasteiger partial charge in [-0.15, -0.1) is 0 Å². The largest absolute Gasteiger partial charge is 0.350 e. The number of amides is 1. The summed E-state index contributed by atoms with van der Waals surface area (Å²) in [7, 11) is 3.96. The van der Waals surface area contributed by atoms with Crippen molar-refractivity contribution in [2.45, 2.75) is 6.54 Å². The van der Waals surface area contributed by atoms with Gasteiger partial charge in [0.25, 0.3) is 5.91 Å². The first-order valence-corrected chi connectivity index (χ1v) is 9.05. The molecule has 138 valence electrons. The monoisotopic (exact) mass is 380 g/mol. The van der Waals surface area contributed by atoms with E-state index in [9.17, 15) is 4.79 Å². The van der Waals surface area contributed by atoms with Crippen LogP contribution in [0.4, 0.5) is 0 Å². The van der Waals surface area contributed by atoms with Gasteiger partial charge < -0.3 is 14.8 Å². The molecule has 0 aliphatic carbocycles. The lowest BCUT2D eigenvalue weighted by Gasteiger charge is -2.24. The van der Waals surface area contributed by atoms with Crippen LogP contribution >= 0.6 is 11.6 Å². The molecule has 1 amide bonds. The molecule has 0 radical (unpaired) electrons. The molecule has 0 aliphatic heterocycles. The number of carbonyl (C=O) groups excluding carboxylic acids is 1. The van der Waals surface area contributed by atoms with Gasteiger partial charge >= 0.3 is 0 Å². The molecule has 0 unspecified atom stereocenters. The van der Waals surface area contributed by atoms with E-state index in [-0.39, 0.29) is 5.91 Å². The Morgan fingerprint density at radius 2 is 1.85 bits per heavy atom. The summed E-state index contributed by atoms with van der Waals surface area (Å²) in [6.45, 7) is 1.84. The fraction of sp³-hybridized carbons (Fsp3) is 0.238. The summed E-state index contributed by atoms with van der Waals surface area (Å²) >= 11 is 6.04. The summed E-state index contributed by atoms with van der Waals surface area (Å²) in [5, 5.41) is 10.5.